The van der Waals surface area contributed by atoms with Crippen molar-refractivity contribution in [3.63, 3.8) is 0 Å². The van der Waals surface area contributed by atoms with Crippen molar-refractivity contribution >= 4 is 0 Å². The number of rotatable bonds is 3. The molecular weight excluding hydrogens is 213 g/mol. The number of halogens is 1. The zero-order valence-electron chi connectivity index (χ0n) is 9.69. The molecule has 2 aliphatic rings. The van der Waals surface area contributed by atoms with Gasteiger partial charge in [0, 0.05) is 32.6 Å². The highest BCUT2D eigenvalue weighted by atomic mass is 19.1. The van der Waals surface area contributed by atoms with Gasteiger partial charge in [-0.2, -0.15) is 0 Å². The molecule has 0 spiro atoms. The van der Waals surface area contributed by atoms with Crippen LogP contribution in [0.2, 0.25) is 0 Å². The van der Waals surface area contributed by atoms with Gasteiger partial charge in [0.1, 0.15) is 6.17 Å². The Hall–Kier alpha value is -0.230. The van der Waals surface area contributed by atoms with Gasteiger partial charge >= 0.3 is 0 Å². The van der Waals surface area contributed by atoms with E-state index in [1.807, 2.05) is 11.9 Å². The van der Waals surface area contributed by atoms with Crippen molar-refractivity contribution in [2.24, 2.45) is 0 Å². The molecule has 0 unspecified atom stereocenters. The Morgan fingerprint density at radius 2 is 2.00 bits per heavy atom. The molecule has 0 bridgehead atoms. The van der Waals surface area contributed by atoms with E-state index in [2.05, 4.69) is 0 Å². The summed E-state index contributed by atoms with van der Waals surface area (Å²) >= 11 is 0. The maximum absolute atomic E-state index is 13.4. The molecule has 0 radical (unpaired) electrons. The lowest BCUT2D eigenvalue weighted by Gasteiger charge is -2.37. The fourth-order valence-electron chi connectivity index (χ4n) is 2.41. The van der Waals surface area contributed by atoms with E-state index in [4.69, 9.17) is 9.47 Å². The Kier molecular flexibility index (Phi) is 3.79. The molecule has 0 aromatic rings. The van der Waals surface area contributed by atoms with Gasteiger partial charge < -0.3 is 14.6 Å². The van der Waals surface area contributed by atoms with E-state index in [0.29, 0.717) is 39.2 Å². The predicted octanol–water partition coefficient (Wildman–Crippen LogP) is 0.197. The first kappa shape index (κ1) is 12.2. The number of nitrogens with zero attached hydrogens (tertiary/aromatic N) is 1. The largest absolute Gasteiger partial charge is 0.388 e. The van der Waals surface area contributed by atoms with Gasteiger partial charge in [-0.25, -0.2) is 4.39 Å². The minimum atomic E-state index is -0.937. The van der Waals surface area contributed by atoms with Crippen LogP contribution < -0.4 is 0 Å². The van der Waals surface area contributed by atoms with Crippen LogP contribution in [0.5, 0.6) is 0 Å². The van der Waals surface area contributed by atoms with Crippen molar-refractivity contribution in [3.8, 4) is 0 Å². The maximum Gasteiger partial charge on any atom is 0.141 e. The Balaban J connectivity index is 1.87. The lowest BCUT2D eigenvalue weighted by molar-refractivity contribution is -0.0833. The molecule has 0 aliphatic carbocycles. The third-order valence-electron chi connectivity index (χ3n) is 3.52. The van der Waals surface area contributed by atoms with E-state index in [-0.39, 0.29) is 12.6 Å². The second kappa shape index (κ2) is 4.96. The monoisotopic (exact) mass is 233 g/mol. The van der Waals surface area contributed by atoms with Crippen molar-refractivity contribution in [1.29, 1.82) is 0 Å². The smallest absolute Gasteiger partial charge is 0.141 e. The first-order valence-electron chi connectivity index (χ1n) is 5.83. The fraction of sp³-hybridized carbons (Fsp3) is 1.00. The molecule has 2 heterocycles. The summed E-state index contributed by atoms with van der Waals surface area (Å²) in [7, 11) is 1.85. The van der Waals surface area contributed by atoms with Gasteiger partial charge in [0.15, 0.2) is 0 Å². The van der Waals surface area contributed by atoms with E-state index < -0.39 is 11.8 Å². The van der Waals surface area contributed by atoms with E-state index >= 15 is 0 Å². The van der Waals surface area contributed by atoms with Gasteiger partial charge in [0.05, 0.1) is 24.9 Å². The van der Waals surface area contributed by atoms with Crippen LogP contribution in [-0.4, -0.2) is 67.8 Å². The third-order valence-corrected chi connectivity index (χ3v) is 3.52. The van der Waals surface area contributed by atoms with Gasteiger partial charge in [-0.05, 0) is 7.05 Å². The second-order valence-electron chi connectivity index (χ2n) is 4.87. The summed E-state index contributed by atoms with van der Waals surface area (Å²) in [6, 6.07) is -0.216. The molecule has 0 aromatic heterocycles. The molecule has 2 fully saturated rings. The minimum absolute atomic E-state index is 0.177. The van der Waals surface area contributed by atoms with Crippen LogP contribution in [0.1, 0.15) is 12.8 Å². The Morgan fingerprint density at radius 1 is 1.31 bits per heavy atom. The molecule has 5 heteroatoms. The maximum atomic E-state index is 13.4. The van der Waals surface area contributed by atoms with Crippen molar-refractivity contribution in [2.75, 3.05) is 40.0 Å². The number of aliphatic hydroxyl groups is 1. The van der Waals surface area contributed by atoms with Crippen LogP contribution in [-0.2, 0) is 9.47 Å². The molecule has 0 amide bonds. The summed E-state index contributed by atoms with van der Waals surface area (Å²) in [6.07, 6.45) is 0.317. The molecule has 0 saturated carbocycles. The van der Waals surface area contributed by atoms with E-state index in [9.17, 15) is 9.50 Å². The van der Waals surface area contributed by atoms with Gasteiger partial charge in [-0.3, -0.25) is 4.90 Å². The molecule has 2 saturated heterocycles. The standard InChI is InChI=1S/C11H20FNO3/c1-13(10-7-16-6-9(10)12)8-11(14)2-4-15-5-3-11/h9-10,14H,2-8H2,1H3/t9-,10-/m1/s1. The third kappa shape index (κ3) is 2.71. The Bertz CT molecular complexity index is 233. The van der Waals surface area contributed by atoms with Crippen LogP contribution in [0.25, 0.3) is 0 Å². The van der Waals surface area contributed by atoms with Crippen LogP contribution in [0, 0.1) is 0 Å². The number of alkyl halides is 1. The molecule has 2 rings (SSSR count). The molecule has 16 heavy (non-hydrogen) atoms. The van der Waals surface area contributed by atoms with Gasteiger partial charge in [0.2, 0.25) is 0 Å². The number of ether oxygens (including phenoxy) is 2. The Morgan fingerprint density at radius 3 is 2.56 bits per heavy atom. The average molecular weight is 233 g/mol. The molecule has 1 N–H and O–H groups in total. The second-order valence-corrected chi connectivity index (χ2v) is 4.87. The minimum Gasteiger partial charge on any atom is -0.388 e. The summed E-state index contributed by atoms with van der Waals surface area (Å²) in [5.74, 6) is 0. The van der Waals surface area contributed by atoms with Gasteiger partial charge in [-0.15, -0.1) is 0 Å². The lowest BCUT2D eigenvalue weighted by Crippen LogP contribution is -2.50. The molecule has 2 aliphatic heterocycles. The van der Waals surface area contributed by atoms with E-state index in [1.54, 1.807) is 0 Å². The normalized spacial score (nSPS) is 34.5. The summed E-state index contributed by atoms with van der Waals surface area (Å²) in [4.78, 5) is 1.88. The zero-order chi connectivity index (χ0) is 11.6. The molecule has 4 nitrogen and oxygen atoms in total. The summed E-state index contributed by atoms with van der Waals surface area (Å²) in [5, 5.41) is 10.3. The Labute approximate surface area is 95.3 Å². The molecule has 0 aromatic carbocycles. The van der Waals surface area contributed by atoms with Crippen LogP contribution in [0.15, 0.2) is 0 Å². The zero-order valence-corrected chi connectivity index (χ0v) is 9.69. The fourth-order valence-corrected chi connectivity index (χ4v) is 2.41. The predicted molar refractivity (Wildman–Crippen MR) is 57.1 cm³/mol. The molecular formula is C11H20FNO3. The van der Waals surface area contributed by atoms with Gasteiger partial charge in [-0.1, -0.05) is 0 Å². The topological polar surface area (TPSA) is 41.9 Å². The summed E-state index contributed by atoms with van der Waals surface area (Å²) in [6.45, 7) is 2.26. The van der Waals surface area contributed by atoms with Crippen molar-refractivity contribution in [3.05, 3.63) is 0 Å². The van der Waals surface area contributed by atoms with E-state index in [1.165, 1.54) is 0 Å². The number of hydrogen-bond donors (Lipinski definition) is 1. The number of hydrogen-bond acceptors (Lipinski definition) is 4. The average Bonchev–Trinajstić information content (AvgIpc) is 2.65. The van der Waals surface area contributed by atoms with Crippen molar-refractivity contribution < 1.29 is 19.0 Å². The molecule has 2 atom stereocenters. The first-order valence-corrected chi connectivity index (χ1v) is 5.83. The van der Waals surface area contributed by atoms with Crippen LogP contribution in [0.3, 0.4) is 0 Å². The SMILES string of the molecule is CN(CC1(O)CCOCC1)[C@@H]1COC[C@H]1F. The first-order chi connectivity index (χ1) is 7.61. The van der Waals surface area contributed by atoms with Gasteiger partial charge in [0.25, 0.3) is 0 Å². The highest BCUT2D eigenvalue weighted by Gasteiger charge is 2.37. The quantitative estimate of drug-likeness (QED) is 0.756. The van der Waals surface area contributed by atoms with Crippen molar-refractivity contribution in [1.82, 2.24) is 4.90 Å². The van der Waals surface area contributed by atoms with Crippen LogP contribution >= 0.6 is 0 Å². The molecule has 94 valence electrons. The highest BCUT2D eigenvalue weighted by Crippen LogP contribution is 2.24. The highest BCUT2D eigenvalue weighted by molar-refractivity contribution is 4.89. The van der Waals surface area contributed by atoms with Crippen molar-refractivity contribution in [2.45, 2.75) is 30.7 Å². The van der Waals surface area contributed by atoms with E-state index in [0.717, 1.165) is 0 Å². The number of likely N-dealkylation sites (N-methyl/N-ethyl adjacent to an activating group) is 1. The lowest BCUT2D eigenvalue weighted by atomic mass is 9.93. The summed E-state index contributed by atoms with van der Waals surface area (Å²) < 4.78 is 23.7. The van der Waals surface area contributed by atoms with Crippen LogP contribution in [0.4, 0.5) is 4.39 Å². The summed E-state index contributed by atoms with van der Waals surface area (Å²) in [5.41, 5.74) is -0.727.